The highest BCUT2D eigenvalue weighted by atomic mass is 16.5. The topological polar surface area (TPSA) is 59.8 Å². The van der Waals surface area contributed by atoms with Crippen molar-refractivity contribution in [3.63, 3.8) is 0 Å². The number of likely N-dealkylation sites (tertiary alicyclic amines) is 1. The molecule has 0 bridgehead atoms. The van der Waals surface area contributed by atoms with E-state index in [-0.39, 0.29) is 17.8 Å². The summed E-state index contributed by atoms with van der Waals surface area (Å²) in [5.41, 5.74) is 0. The Balaban J connectivity index is 1.81. The van der Waals surface area contributed by atoms with Crippen molar-refractivity contribution in [3.8, 4) is 0 Å². The molecule has 5 nitrogen and oxygen atoms in total. The van der Waals surface area contributed by atoms with E-state index in [1.165, 1.54) is 0 Å². The van der Waals surface area contributed by atoms with E-state index in [9.17, 15) is 9.59 Å². The summed E-state index contributed by atoms with van der Waals surface area (Å²) in [4.78, 5) is 25.7. The molecule has 20 heavy (non-hydrogen) atoms. The average molecular weight is 279 g/mol. The van der Waals surface area contributed by atoms with Crippen LogP contribution in [0.1, 0.15) is 31.9 Å². The van der Waals surface area contributed by atoms with Crippen LogP contribution in [0.15, 0.2) is 22.8 Å². The van der Waals surface area contributed by atoms with Gasteiger partial charge in [0.1, 0.15) is 5.76 Å². The Morgan fingerprint density at radius 2 is 2.35 bits per heavy atom. The van der Waals surface area contributed by atoms with Crippen LogP contribution < -0.4 is 0 Å². The van der Waals surface area contributed by atoms with Crippen LogP contribution in [0.5, 0.6) is 0 Å². The Kier molecular flexibility index (Phi) is 5.21. The maximum absolute atomic E-state index is 12.2. The largest absolute Gasteiger partial charge is 0.469 e. The molecule has 1 aromatic rings. The molecular formula is C15H21NO4. The van der Waals surface area contributed by atoms with Gasteiger partial charge in [0.25, 0.3) is 0 Å². The second kappa shape index (κ2) is 7.12. The lowest BCUT2D eigenvalue weighted by Gasteiger charge is -2.31. The number of rotatable bonds is 5. The number of piperidine rings is 1. The van der Waals surface area contributed by atoms with Crippen molar-refractivity contribution in [3.05, 3.63) is 24.2 Å². The summed E-state index contributed by atoms with van der Waals surface area (Å²) < 4.78 is 10.3. The molecule has 0 aromatic carbocycles. The quantitative estimate of drug-likeness (QED) is 0.774. The SMILES string of the molecule is CCOC(=O)[C@@H]1CCCN(C(=O)CCc2ccco2)C1. The first-order valence-electron chi connectivity index (χ1n) is 7.17. The second-order valence-corrected chi connectivity index (χ2v) is 5.01. The minimum atomic E-state index is -0.184. The molecule has 0 N–H and O–H groups in total. The van der Waals surface area contributed by atoms with Gasteiger partial charge in [-0.05, 0) is 31.9 Å². The Labute approximate surface area is 118 Å². The Morgan fingerprint density at radius 3 is 3.05 bits per heavy atom. The predicted molar refractivity (Wildman–Crippen MR) is 73.0 cm³/mol. The normalized spacial score (nSPS) is 18.9. The number of furan rings is 1. The van der Waals surface area contributed by atoms with Crippen LogP contribution in [-0.4, -0.2) is 36.5 Å². The molecule has 110 valence electrons. The smallest absolute Gasteiger partial charge is 0.310 e. The number of amides is 1. The van der Waals surface area contributed by atoms with Gasteiger partial charge >= 0.3 is 5.97 Å². The van der Waals surface area contributed by atoms with Crippen molar-refractivity contribution in [1.29, 1.82) is 0 Å². The zero-order chi connectivity index (χ0) is 14.4. The van der Waals surface area contributed by atoms with Gasteiger partial charge in [0.05, 0.1) is 18.8 Å². The second-order valence-electron chi connectivity index (χ2n) is 5.01. The van der Waals surface area contributed by atoms with Gasteiger partial charge in [0, 0.05) is 25.9 Å². The Hall–Kier alpha value is -1.78. The molecule has 1 aliphatic heterocycles. The number of nitrogens with zero attached hydrogens (tertiary/aromatic N) is 1. The molecule has 1 fully saturated rings. The molecule has 1 aromatic heterocycles. The zero-order valence-corrected chi connectivity index (χ0v) is 11.8. The number of carbonyl (C=O) groups excluding carboxylic acids is 2. The van der Waals surface area contributed by atoms with Gasteiger partial charge in [-0.3, -0.25) is 9.59 Å². The van der Waals surface area contributed by atoms with Crippen molar-refractivity contribution in [2.24, 2.45) is 5.92 Å². The number of hydrogen-bond donors (Lipinski definition) is 0. The average Bonchev–Trinajstić information content (AvgIpc) is 2.98. The van der Waals surface area contributed by atoms with E-state index in [1.54, 1.807) is 18.1 Å². The minimum Gasteiger partial charge on any atom is -0.469 e. The van der Waals surface area contributed by atoms with Gasteiger partial charge < -0.3 is 14.1 Å². The van der Waals surface area contributed by atoms with Crippen LogP contribution in [0.3, 0.4) is 0 Å². The molecule has 2 rings (SSSR count). The molecule has 0 aliphatic carbocycles. The minimum absolute atomic E-state index is 0.0791. The molecule has 1 saturated heterocycles. The molecule has 0 unspecified atom stereocenters. The van der Waals surface area contributed by atoms with Crippen LogP contribution in [0, 0.1) is 5.92 Å². The van der Waals surface area contributed by atoms with Gasteiger partial charge in [0.15, 0.2) is 0 Å². The van der Waals surface area contributed by atoms with Crippen molar-refractivity contribution in [2.75, 3.05) is 19.7 Å². The van der Waals surface area contributed by atoms with Crippen LogP contribution in [-0.2, 0) is 20.7 Å². The van der Waals surface area contributed by atoms with E-state index >= 15 is 0 Å². The maximum Gasteiger partial charge on any atom is 0.310 e. The molecule has 2 heterocycles. The Bertz CT molecular complexity index is 441. The lowest BCUT2D eigenvalue weighted by Crippen LogP contribution is -2.42. The number of hydrogen-bond acceptors (Lipinski definition) is 4. The number of esters is 1. The van der Waals surface area contributed by atoms with Gasteiger partial charge in [-0.1, -0.05) is 0 Å². The molecule has 1 amide bonds. The van der Waals surface area contributed by atoms with Crippen molar-refractivity contribution < 1.29 is 18.7 Å². The van der Waals surface area contributed by atoms with Crippen molar-refractivity contribution in [2.45, 2.75) is 32.6 Å². The number of aryl methyl sites for hydroxylation is 1. The Morgan fingerprint density at radius 1 is 1.50 bits per heavy atom. The standard InChI is InChI=1S/C15H21NO4/c1-2-19-15(18)12-5-3-9-16(11-12)14(17)8-7-13-6-4-10-20-13/h4,6,10,12H,2-3,5,7-9,11H2,1H3/t12-/m1/s1. The fraction of sp³-hybridized carbons (Fsp3) is 0.600. The molecule has 0 saturated carbocycles. The van der Waals surface area contributed by atoms with Gasteiger partial charge in [-0.15, -0.1) is 0 Å². The van der Waals surface area contributed by atoms with E-state index in [0.717, 1.165) is 25.1 Å². The van der Waals surface area contributed by atoms with Gasteiger partial charge in [-0.25, -0.2) is 0 Å². The van der Waals surface area contributed by atoms with Crippen LogP contribution in [0.2, 0.25) is 0 Å². The van der Waals surface area contributed by atoms with Gasteiger partial charge in [0.2, 0.25) is 5.91 Å². The third kappa shape index (κ3) is 3.85. The summed E-state index contributed by atoms with van der Waals surface area (Å²) in [6.07, 6.45) is 4.30. The van der Waals surface area contributed by atoms with E-state index in [1.807, 2.05) is 12.1 Å². The van der Waals surface area contributed by atoms with E-state index in [0.29, 0.717) is 26.0 Å². The summed E-state index contributed by atoms with van der Waals surface area (Å²) in [6.45, 7) is 3.40. The fourth-order valence-electron chi connectivity index (χ4n) is 2.50. The summed E-state index contributed by atoms with van der Waals surface area (Å²) in [7, 11) is 0. The summed E-state index contributed by atoms with van der Waals surface area (Å²) in [5, 5.41) is 0. The third-order valence-corrected chi connectivity index (χ3v) is 3.56. The maximum atomic E-state index is 12.2. The van der Waals surface area contributed by atoms with Crippen LogP contribution in [0.4, 0.5) is 0 Å². The predicted octanol–water partition coefficient (Wildman–Crippen LogP) is 2.01. The summed E-state index contributed by atoms with van der Waals surface area (Å²) in [6, 6.07) is 3.68. The molecule has 5 heteroatoms. The summed E-state index contributed by atoms with van der Waals surface area (Å²) in [5.74, 6) is 0.542. The first kappa shape index (κ1) is 14.6. The fourth-order valence-corrected chi connectivity index (χ4v) is 2.50. The highest BCUT2D eigenvalue weighted by Crippen LogP contribution is 2.19. The molecular weight excluding hydrogens is 258 g/mol. The summed E-state index contributed by atoms with van der Waals surface area (Å²) >= 11 is 0. The van der Waals surface area contributed by atoms with Crippen LogP contribution in [0.25, 0.3) is 0 Å². The van der Waals surface area contributed by atoms with Crippen molar-refractivity contribution >= 4 is 11.9 Å². The van der Waals surface area contributed by atoms with Gasteiger partial charge in [-0.2, -0.15) is 0 Å². The third-order valence-electron chi connectivity index (χ3n) is 3.56. The number of ether oxygens (including phenoxy) is 1. The van der Waals surface area contributed by atoms with E-state index in [2.05, 4.69) is 0 Å². The zero-order valence-electron chi connectivity index (χ0n) is 11.8. The molecule has 1 aliphatic rings. The first-order chi connectivity index (χ1) is 9.70. The number of carbonyl (C=O) groups is 2. The van der Waals surface area contributed by atoms with E-state index < -0.39 is 0 Å². The lowest BCUT2D eigenvalue weighted by atomic mass is 9.98. The molecule has 0 spiro atoms. The monoisotopic (exact) mass is 279 g/mol. The highest BCUT2D eigenvalue weighted by Gasteiger charge is 2.29. The molecule has 0 radical (unpaired) electrons. The van der Waals surface area contributed by atoms with E-state index in [4.69, 9.17) is 9.15 Å². The van der Waals surface area contributed by atoms with Crippen LogP contribution >= 0.6 is 0 Å². The highest BCUT2D eigenvalue weighted by molar-refractivity contribution is 5.78. The first-order valence-corrected chi connectivity index (χ1v) is 7.17. The molecule has 1 atom stereocenters. The van der Waals surface area contributed by atoms with Crippen molar-refractivity contribution in [1.82, 2.24) is 4.90 Å². The lowest BCUT2D eigenvalue weighted by molar-refractivity contribution is -0.151.